The average molecular weight is 497 g/mol. The lowest BCUT2D eigenvalue weighted by atomic mass is 9.86. The summed E-state index contributed by atoms with van der Waals surface area (Å²) in [5.74, 6) is 0. The number of hydrogen-bond donors (Lipinski definition) is 0. The van der Waals surface area contributed by atoms with Crippen molar-refractivity contribution in [3.8, 4) is 33.4 Å². The summed E-state index contributed by atoms with van der Waals surface area (Å²) in [4.78, 5) is 0. The standard InChI is InChI=1S/C38H24O/c1-2-11-26(12-3-1)36-30-14-4-6-16-32(30)37(33-17-7-5-15-31(33)36)27-23-21-25(22-24-27)28-18-10-19-34-29-13-8-9-20-35(29)39-38(28)34/h1-24H. The van der Waals surface area contributed by atoms with E-state index in [0.29, 0.717) is 0 Å². The van der Waals surface area contributed by atoms with Crippen LogP contribution in [0.5, 0.6) is 0 Å². The van der Waals surface area contributed by atoms with Gasteiger partial charge in [-0.2, -0.15) is 0 Å². The molecule has 1 heterocycles. The highest BCUT2D eigenvalue weighted by Gasteiger charge is 2.17. The highest BCUT2D eigenvalue weighted by atomic mass is 16.3. The molecule has 182 valence electrons. The van der Waals surface area contributed by atoms with Gasteiger partial charge < -0.3 is 4.42 Å². The Bertz CT molecular complexity index is 2090. The van der Waals surface area contributed by atoms with Crippen LogP contribution in [0.15, 0.2) is 150 Å². The van der Waals surface area contributed by atoms with Crippen LogP contribution in [-0.2, 0) is 0 Å². The van der Waals surface area contributed by atoms with Crippen LogP contribution in [0, 0.1) is 0 Å². The molecule has 0 amide bonds. The molecule has 0 radical (unpaired) electrons. The third kappa shape index (κ3) is 3.41. The molecule has 0 aliphatic carbocycles. The Balaban J connectivity index is 1.35. The number of fused-ring (bicyclic) bond motifs is 5. The van der Waals surface area contributed by atoms with E-state index in [0.717, 1.165) is 33.1 Å². The highest BCUT2D eigenvalue weighted by Crippen LogP contribution is 2.44. The molecule has 1 aromatic heterocycles. The first-order valence-electron chi connectivity index (χ1n) is 13.4. The van der Waals surface area contributed by atoms with Crippen LogP contribution in [0.25, 0.3) is 76.9 Å². The number of hydrogen-bond acceptors (Lipinski definition) is 1. The van der Waals surface area contributed by atoms with Gasteiger partial charge in [0.25, 0.3) is 0 Å². The minimum Gasteiger partial charge on any atom is -0.455 e. The van der Waals surface area contributed by atoms with Crippen molar-refractivity contribution in [1.82, 2.24) is 0 Å². The van der Waals surface area contributed by atoms with Gasteiger partial charge in [0.15, 0.2) is 0 Å². The largest absolute Gasteiger partial charge is 0.455 e. The topological polar surface area (TPSA) is 13.1 Å². The molecule has 0 atom stereocenters. The zero-order chi connectivity index (χ0) is 25.8. The molecule has 0 fully saturated rings. The fraction of sp³-hybridized carbons (Fsp3) is 0. The van der Waals surface area contributed by atoms with Crippen molar-refractivity contribution in [3.05, 3.63) is 146 Å². The molecule has 0 saturated heterocycles. The van der Waals surface area contributed by atoms with Crippen LogP contribution in [-0.4, -0.2) is 0 Å². The lowest BCUT2D eigenvalue weighted by Crippen LogP contribution is -1.90. The Kier molecular flexibility index (Phi) is 4.89. The maximum atomic E-state index is 6.32. The Morgan fingerprint density at radius 2 is 0.769 bits per heavy atom. The van der Waals surface area contributed by atoms with E-state index in [1.54, 1.807) is 0 Å². The van der Waals surface area contributed by atoms with Gasteiger partial charge in [0.05, 0.1) is 0 Å². The SMILES string of the molecule is c1ccc(-c2c3ccccc3c(-c3ccc(-c4cccc5c4oc4ccccc45)cc3)c3ccccc23)cc1. The van der Waals surface area contributed by atoms with Crippen LogP contribution in [0.2, 0.25) is 0 Å². The number of rotatable bonds is 3. The summed E-state index contributed by atoms with van der Waals surface area (Å²) in [6.07, 6.45) is 0. The number of benzene rings is 7. The first-order valence-corrected chi connectivity index (χ1v) is 13.4. The fourth-order valence-electron chi connectivity index (χ4n) is 6.15. The maximum absolute atomic E-state index is 6.32. The van der Waals surface area contributed by atoms with Gasteiger partial charge in [0, 0.05) is 16.3 Å². The third-order valence-electron chi connectivity index (χ3n) is 7.88. The van der Waals surface area contributed by atoms with Gasteiger partial charge in [-0.3, -0.25) is 0 Å². The van der Waals surface area contributed by atoms with Gasteiger partial charge in [-0.25, -0.2) is 0 Å². The molecule has 0 saturated carbocycles. The summed E-state index contributed by atoms with van der Waals surface area (Å²) < 4.78 is 6.32. The van der Waals surface area contributed by atoms with Gasteiger partial charge in [-0.1, -0.05) is 140 Å². The van der Waals surface area contributed by atoms with E-state index in [1.165, 1.54) is 43.8 Å². The monoisotopic (exact) mass is 496 g/mol. The van der Waals surface area contributed by atoms with Crippen molar-refractivity contribution >= 4 is 43.5 Å². The van der Waals surface area contributed by atoms with Crippen molar-refractivity contribution < 1.29 is 4.42 Å². The summed E-state index contributed by atoms with van der Waals surface area (Å²) in [6, 6.07) is 52.0. The molecule has 0 spiro atoms. The summed E-state index contributed by atoms with van der Waals surface area (Å²) in [7, 11) is 0. The molecule has 0 aliphatic heterocycles. The van der Waals surface area contributed by atoms with Crippen LogP contribution < -0.4 is 0 Å². The molecule has 1 nitrogen and oxygen atoms in total. The van der Waals surface area contributed by atoms with Gasteiger partial charge in [0.2, 0.25) is 0 Å². The number of para-hydroxylation sites is 2. The quantitative estimate of drug-likeness (QED) is 0.222. The van der Waals surface area contributed by atoms with E-state index in [1.807, 2.05) is 12.1 Å². The second-order valence-corrected chi connectivity index (χ2v) is 10.1. The first-order chi connectivity index (χ1) is 19.4. The van der Waals surface area contributed by atoms with Crippen molar-refractivity contribution in [1.29, 1.82) is 0 Å². The highest BCUT2D eigenvalue weighted by molar-refractivity contribution is 6.21. The first kappa shape index (κ1) is 21.9. The van der Waals surface area contributed by atoms with Gasteiger partial charge >= 0.3 is 0 Å². The smallest absolute Gasteiger partial charge is 0.143 e. The zero-order valence-corrected chi connectivity index (χ0v) is 21.3. The van der Waals surface area contributed by atoms with Crippen molar-refractivity contribution in [2.75, 3.05) is 0 Å². The van der Waals surface area contributed by atoms with Crippen LogP contribution in [0.1, 0.15) is 0 Å². The molecule has 0 unspecified atom stereocenters. The van der Waals surface area contributed by atoms with Crippen molar-refractivity contribution in [2.24, 2.45) is 0 Å². The second kappa shape index (κ2) is 8.72. The average Bonchev–Trinajstić information content (AvgIpc) is 3.39. The molecule has 0 bridgehead atoms. The predicted molar refractivity (Wildman–Crippen MR) is 165 cm³/mol. The predicted octanol–water partition coefficient (Wildman–Crippen LogP) is 10.9. The second-order valence-electron chi connectivity index (χ2n) is 10.1. The summed E-state index contributed by atoms with van der Waals surface area (Å²) in [5.41, 5.74) is 9.14. The summed E-state index contributed by atoms with van der Waals surface area (Å²) >= 11 is 0. The van der Waals surface area contributed by atoms with Crippen molar-refractivity contribution in [2.45, 2.75) is 0 Å². The van der Waals surface area contributed by atoms with E-state index < -0.39 is 0 Å². The summed E-state index contributed by atoms with van der Waals surface area (Å²) in [6.45, 7) is 0. The minimum absolute atomic E-state index is 0.924. The van der Waals surface area contributed by atoms with E-state index >= 15 is 0 Å². The Labute approximate surface area is 226 Å². The normalized spacial score (nSPS) is 11.6. The Hall–Kier alpha value is -5.14. The molecule has 0 N–H and O–H groups in total. The molecule has 1 heteroatoms. The summed E-state index contributed by atoms with van der Waals surface area (Å²) in [5, 5.41) is 7.38. The van der Waals surface area contributed by atoms with Gasteiger partial charge in [0.1, 0.15) is 11.2 Å². The lowest BCUT2D eigenvalue weighted by molar-refractivity contribution is 0.670. The Morgan fingerprint density at radius 3 is 1.38 bits per heavy atom. The van der Waals surface area contributed by atoms with Crippen molar-refractivity contribution in [3.63, 3.8) is 0 Å². The fourth-order valence-corrected chi connectivity index (χ4v) is 6.15. The van der Waals surface area contributed by atoms with E-state index in [2.05, 4.69) is 133 Å². The van der Waals surface area contributed by atoms with E-state index in [-0.39, 0.29) is 0 Å². The molecule has 8 aromatic rings. The van der Waals surface area contributed by atoms with Crippen LogP contribution >= 0.6 is 0 Å². The lowest BCUT2D eigenvalue weighted by Gasteiger charge is -2.18. The molecule has 39 heavy (non-hydrogen) atoms. The molecule has 8 rings (SSSR count). The maximum Gasteiger partial charge on any atom is 0.143 e. The van der Waals surface area contributed by atoms with Crippen LogP contribution in [0.4, 0.5) is 0 Å². The van der Waals surface area contributed by atoms with Gasteiger partial charge in [-0.15, -0.1) is 0 Å². The molecular weight excluding hydrogens is 472 g/mol. The van der Waals surface area contributed by atoms with E-state index in [4.69, 9.17) is 4.42 Å². The Morgan fingerprint density at radius 1 is 0.308 bits per heavy atom. The third-order valence-corrected chi connectivity index (χ3v) is 7.88. The minimum atomic E-state index is 0.924. The molecule has 7 aromatic carbocycles. The molecule has 0 aliphatic rings. The number of furan rings is 1. The zero-order valence-electron chi connectivity index (χ0n) is 21.3. The van der Waals surface area contributed by atoms with E-state index in [9.17, 15) is 0 Å². The van der Waals surface area contributed by atoms with Gasteiger partial charge in [-0.05, 0) is 55.4 Å². The molecular formula is C38H24O. The van der Waals surface area contributed by atoms with Crippen LogP contribution in [0.3, 0.4) is 0 Å².